The molecule has 0 saturated carbocycles. The van der Waals surface area contributed by atoms with E-state index in [1.165, 1.54) is 11.3 Å². The Morgan fingerprint density at radius 2 is 1.96 bits per heavy atom. The lowest BCUT2D eigenvalue weighted by atomic mass is 10.00. The molecule has 124 valence electrons. The number of hydrogen-bond acceptors (Lipinski definition) is 4. The summed E-state index contributed by atoms with van der Waals surface area (Å²) in [5, 5.41) is 0.340. The first-order valence-corrected chi connectivity index (χ1v) is 9.75. The van der Waals surface area contributed by atoms with E-state index in [-0.39, 0.29) is 5.91 Å². The number of benzene rings is 1. The van der Waals surface area contributed by atoms with Gasteiger partial charge in [0.2, 0.25) is 0 Å². The van der Waals surface area contributed by atoms with Crippen LogP contribution in [0.15, 0.2) is 34.6 Å². The van der Waals surface area contributed by atoms with Crippen molar-refractivity contribution in [3.63, 3.8) is 0 Å². The minimum atomic E-state index is -0.440. The molecule has 7 heteroatoms. The Labute approximate surface area is 153 Å². The zero-order valence-corrected chi connectivity index (χ0v) is 15.3. The average Bonchev–Trinajstić information content (AvgIpc) is 2.99. The Hall–Kier alpha value is -1.76. The molecule has 24 heavy (non-hydrogen) atoms. The van der Waals surface area contributed by atoms with Gasteiger partial charge in [-0.1, -0.05) is 35.9 Å². The van der Waals surface area contributed by atoms with Crippen LogP contribution >= 0.6 is 34.7 Å². The summed E-state index contributed by atoms with van der Waals surface area (Å²) >= 11 is 9.07. The van der Waals surface area contributed by atoms with Crippen LogP contribution in [0.2, 0.25) is 5.02 Å². The van der Waals surface area contributed by atoms with E-state index >= 15 is 0 Å². The predicted molar refractivity (Wildman–Crippen MR) is 99.8 cm³/mol. The summed E-state index contributed by atoms with van der Waals surface area (Å²) < 4.78 is 1.11. The van der Waals surface area contributed by atoms with Crippen molar-refractivity contribution in [2.24, 2.45) is 0 Å². The number of carbonyl (C=O) groups is 2. The van der Waals surface area contributed by atoms with Gasteiger partial charge in [0.25, 0.3) is 11.8 Å². The van der Waals surface area contributed by atoms with E-state index in [4.69, 9.17) is 11.6 Å². The number of allylic oxidation sites excluding steroid dienone is 1. The minimum absolute atomic E-state index is 0.299. The lowest BCUT2D eigenvalue weighted by Gasteiger charge is -2.10. The molecule has 2 amide bonds. The second-order valence-electron chi connectivity index (χ2n) is 5.14. The monoisotopic (exact) mass is 378 g/mol. The van der Waals surface area contributed by atoms with Gasteiger partial charge < -0.3 is 0 Å². The fourth-order valence-electron chi connectivity index (χ4n) is 2.52. The maximum atomic E-state index is 12.5. The summed E-state index contributed by atoms with van der Waals surface area (Å²) in [7, 11) is 0. The number of fused-ring (bicyclic) bond motifs is 1. The van der Waals surface area contributed by atoms with Crippen LogP contribution in [0.1, 0.15) is 37.6 Å². The number of thiophene rings is 1. The molecule has 0 spiro atoms. The molecule has 4 nitrogen and oxygen atoms in total. The summed E-state index contributed by atoms with van der Waals surface area (Å²) in [6.45, 7) is 0. The molecule has 0 radical (unpaired) electrons. The van der Waals surface area contributed by atoms with Crippen molar-refractivity contribution in [3.8, 4) is 0 Å². The van der Waals surface area contributed by atoms with E-state index in [0.29, 0.717) is 15.5 Å². The van der Waals surface area contributed by atoms with Gasteiger partial charge in [0.15, 0.2) is 0 Å². The van der Waals surface area contributed by atoms with Gasteiger partial charge in [-0.2, -0.15) is 0 Å². The Morgan fingerprint density at radius 3 is 2.71 bits per heavy atom. The Bertz CT molecular complexity index is 830. The van der Waals surface area contributed by atoms with Crippen LogP contribution in [0.4, 0.5) is 0 Å². The molecule has 0 atom stereocenters. The maximum Gasteiger partial charge on any atom is 0.280 e. The molecule has 0 saturated heterocycles. The van der Waals surface area contributed by atoms with Gasteiger partial charge in [-0.3, -0.25) is 20.4 Å². The molecular weight excluding hydrogens is 364 g/mol. The van der Waals surface area contributed by atoms with Gasteiger partial charge in [-0.15, -0.1) is 23.1 Å². The highest BCUT2D eigenvalue weighted by molar-refractivity contribution is 8.00. The number of carbonyl (C=O) groups excluding carboxylic acids is 2. The molecule has 1 heterocycles. The van der Waals surface area contributed by atoms with Crippen LogP contribution in [-0.2, 0) is 6.42 Å². The van der Waals surface area contributed by atoms with E-state index in [1.807, 2.05) is 6.26 Å². The second kappa shape index (κ2) is 7.42. The predicted octanol–water partition coefficient (Wildman–Crippen LogP) is 4.16. The lowest BCUT2D eigenvalue weighted by molar-refractivity contribution is 0.0848. The molecule has 0 unspecified atom stereocenters. The first-order chi connectivity index (χ1) is 11.6. The molecule has 2 aromatic rings. The molecule has 2 N–H and O–H groups in total. The average molecular weight is 379 g/mol. The quantitative estimate of drug-likeness (QED) is 0.622. The number of thioether (sulfide) groups is 1. The normalized spacial score (nSPS) is 12.6. The van der Waals surface area contributed by atoms with Crippen molar-refractivity contribution in [2.75, 3.05) is 6.26 Å². The van der Waals surface area contributed by atoms with Gasteiger partial charge in [0, 0.05) is 5.56 Å². The topological polar surface area (TPSA) is 58.2 Å². The fraction of sp³-hybridized carbons (Fsp3) is 0.176. The molecule has 1 aromatic heterocycles. The molecule has 0 fully saturated rings. The van der Waals surface area contributed by atoms with Crippen molar-refractivity contribution in [2.45, 2.75) is 17.1 Å². The Balaban J connectivity index is 1.74. The van der Waals surface area contributed by atoms with Crippen molar-refractivity contribution in [1.29, 1.82) is 0 Å². The summed E-state index contributed by atoms with van der Waals surface area (Å²) in [5.74, 6) is -0.739. The third kappa shape index (κ3) is 3.36. The van der Waals surface area contributed by atoms with E-state index < -0.39 is 5.91 Å². The molecule has 3 rings (SSSR count). The third-order valence-electron chi connectivity index (χ3n) is 3.66. The molecule has 0 aliphatic heterocycles. The Kier molecular flexibility index (Phi) is 5.28. The SMILES string of the molecule is CSc1sc(C(=O)NNC(=O)c2ccccc2Cl)c2c1C=CCC2. The van der Waals surface area contributed by atoms with E-state index in [0.717, 1.165) is 28.2 Å². The number of rotatable bonds is 3. The van der Waals surface area contributed by atoms with Crippen molar-refractivity contribution in [3.05, 3.63) is 56.9 Å². The molecule has 0 bridgehead atoms. The van der Waals surface area contributed by atoms with E-state index in [9.17, 15) is 9.59 Å². The number of hydrazine groups is 1. The van der Waals surface area contributed by atoms with Crippen LogP contribution < -0.4 is 10.9 Å². The maximum absolute atomic E-state index is 12.5. The molecule has 1 aliphatic rings. The highest BCUT2D eigenvalue weighted by atomic mass is 35.5. The van der Waals surface area contributed by atoms with Gasteiger partial charge in [-0.05, 0) is 36.8 Å². The highest BCUT2D eigenvalue weighted by Gasteiger charge is 2.23. The van der Waals surface area contributed by atoms with E-state index in [1.54, 1.807) is 36.0 Å². The van der Waals surface area contributed by atoms with Crippen molar-refractivity contribution >= 4 is 52.6 Å². The summed E-state index contributed by atoms with van der Waals surface area (Å²) in [5.41, 5.74) is 7.42. The number of hydrogen-bond donors (Lipinski definition) is 2. The third-order valence-corrected chi connectivity index (χ3v) is 6.37. The fourth-order valence-corrected chi connectivity index (χ4v) is 4.70. The van der Waals surface area contributed by atoms with Crippen LogP contribution in [0.3, 0.4) is 0 Å². The molecular formula is C17H15ClN2O2S2. The summed E-state index contributed by atoms with van der Waals surface area (Å²) in [6.07, 6.45) is 7.94. The standard InChI is InChI=1S/C17H15ClN2O2S2/c1-23-17-11-7-3-2-6-10(11)14(24-17)16(22)20-19-15(21)12-8-4-5-9-13(12)18/h3-5,7-9H,2,6H2,1H3,(H,19,21)(H,20,22). The van der Waals surface area contributed by atoms with E-state index in [2.05, 4.69) is 23.0 Å². The van der Waals surface area contributed by atoms with Crippen LogP contribution in [0.25, 0.3) is 6.08 Å². The first kappa shape index (κ1) is 17.1. The summed E-state index contributed by atoms with van der Waals surface area (Å²) in [6, 6.07) is 6.70. The largest absolute Gasteiger partial charge is 0.280 e. The van der Waals surface area contributed by atoms with Crippen LogP contribution in [0, 0.1) is 0 Å². The number of halogens is 1. The van der Waals surface area contributed by atoms with Crippen molar-refractivity contribution < 1.29 is 9.59 Å². The zero-order chi connectivity index (χ0) is 17.1. The zero-order valence-electron chi connectivity index (χ0n) is 12.9. The molecule has 1 aromatic carbocycles. The van der Waals surface area contributed by atoms with Gasteiger partial charge in [0.1, 0.15) is 0 Å². The van der Waals surface area contributed by atoms with Crippen molar-refractivity contribution in [1.82, 2.24) is 10.9 Å². The first-order valence-electron chi connectivity index (χ1n) is 7.33. The Morgan fingerprint density at radius 1 is 1.21 bits per heavy atom. The number of amides is 2. The van der Waals surface area contributed by atoms with Gasteiger partial charge >= 0.3 is 0 Å². The minimum Gasteiger partial charge on any atom is -0.267 e. The van der Waals surface area contributed by atoms with Crippen LogP contribution in [-0.4, -0.2) is 18.1 Å². The lowest BCUT2D eigenvalue weighted by Crippen LogP contribution is -2.41. The summed E-state index contributed by atoms with van der Waals surface area (Å²) in [4.78, 5) is 25.3. The number of nitrogens with one attached hydrogen (secondary N) is 2. The van der Waals surface area contributed by atoms with Crippen LogP contribution in [0.5, 0.6) is 0 Å². The van der Waals surface area contributed by atoms with Gasteiger partial charge in [-0.25, -0.2) is 0 Å². The smallest absolute Gasteiger partial charge is 0.267 e. The van der Waals surface area contributed by atoms with Gasteiger partial charge in [0.05, 0.1) is 19.7 Å². The molecule has 1 aliphatic carbocycles. The highest BCUT2D eigenvalue weighted by Crippen LogP contribution is 2.38. The second-order valence-corrected chi connectivity index (χ2v) is 7.65.